The van der Waals surface area contributed by atoms with Gasteiger partial charge in [-0.3, -0.25) is 0 Å². The molecule has 1 aliphatic carbocycles. The second-order valence-electron chi connectivity index (χ2n) is 7.39. The number of hydrogen-bond donors (Lipinski definition) is 3. The second kappa shape index (κ2) is 6.68. The van der Waals surface area contributed by atoms with Crippen LogP contribution in [0, 0.1) is 6.92 Å². The Kier molecular flexibility index (Phi) is 4.01. The third-order valence-electron chi connectivity index (χ3n) is 5.50. The fourth-order valence-corrected chi connectivity index (χ4v) is 4.22. The smallest absolute Gasteiger partial charge is 0.229 e. The van der Waals surface area contributed by atoms with Crippen LogP contribution in [0.1, 0.15) is 34.9 Å². The van der Waals surface area contributed by atoms with Crippen LogP contribution in [-0.2, 0) is 6.42 Å². The molecule has 2 aromatic carbocycles. The van der Waals surface area contributed by atoms with Crippen LogP contribution < -0.4 is 10.6 Å². The number of H-pyrrole nitrogens is 1. The van der Waals surface area contributed by atoms with Crippen LogP contribution in [0.2, 0.25) is 0 Å². The van der Waals surface area contributed by atoms with Crippen molar-refractivity contribution in [1.82, 2.24) is 15.0 Å². The number of nitrogens with one attached hydrogen (secondary N) is 3. The zero-order valence-corrected chi connectivity index (χ0v) is 16.1. The van der Waals surface area contributed by atoms with Crippen LogP contribution >= 0.6 is 0 Å². The van der Waals surface area contributed by atoms with E-state index >= 15 is 0 Å². The highest BCUT2D eigenvalue weighted by atomic mass is 15.1. The number of hydrogen-bond acceptors (Lipinski definition) is 4. The lowest BCUT2D eigenvalue weighted by Crippen LogP contribution is -2.07. The monoisotopic (exact) mass is 369 g/mol. The van der Waals surface area contributed by atoms with Crippen LogP contribution in [0.25, 0.3) is 10.9 Å². The minimum atomic E-state index is 0.321. The standard InChI is InChI=1S/C23H23N5/c1-14-12-16-13-17(8-11-20(16)25-14)26-23-27-21-18(15-6-4-3-5-7-15)9-10-19(21)22(24-2)28-23/h3-8,11-13,18,25H,9-10H2,1-2H3,(H2,24,26,27,28). The number of fused-ring (bicyclic) bond motifs is 2. The zero-order chi connectivity index (χ0) is 19.1. The topological polar surface area (TPSA) is 65.6 Å². The Morgan fingerprint density at radius 2 is 1.89 bits per heavy atom. The summed E-state index contributed by atoms with van der Waals surface area (Å²) in [5, 5.41) is 7.85. The van der Waals surface area contributed by atoms with Gasteiger partial charge < -0.3 is 15.6 Å². The molecular weight excluding hydrogens is 346 g/mol. The summed E-state index contributed by atoms with van der Waals surface area (Å²) in [6, 6.07) is 19.1. The summed E-state index contributed by atoms with van der Waals surface area (Å²) in [7, 11) is 1.93. The minimum Gasteiger partial charge on any atom is -0.373 e. The summed E-state index contributed by atoms with van der Waals surface area (Å²) in [6.45, 7) is 2.07. The van der Waals surface area contributed by atoms with E-state index in [1.807, 2.05) is 7.05 Å². The molecule has 1 atom stereocenters. The van der Waals surface area contributed by atoms with Gasteiger partial charge in [0.1, 0.15) is 5.82 Å². The molecule has 5 nitrogen and oxygen atoms in total. The molecule has 2 aromatic heterocycles. The molecule has 5 rings (SSSR count). The summed E-state index contributed by atoms with van der Waals surface area (Å²) in [5.74, 6) is 1.88. The van der Waals surface area contributed by atoms with Gasteiger partial charge in [0.05, 0.1) is 5.69 Å². The Balaban J connectivity index is 1.53. The molecule has 0 amide bonds. The maximum atomic E-state index is 4.93. The van der Waals surface area contributed by atoms with Gasteiger partial charge >= 0.3 is 0 Å². The van der Waals surface area contributed by atoms with E-state index in [1.165, 1.54) is 16.5 Å². The highest BCUT2D eigenvalue weighted by Gasteiger charge is 2.29. The van der Waals surface area contributed by atoms with E-state index in [4.69, 9.17) is 9.97 Å². The maximum Gasteiger partial charge on any atom is 0.229 e. The van der Waals surface area contributed by atoms with Crippen LogP contribution in [0.5, 0.6) is 0 Å². The summed E-state index contributed by atoms with van der Waals surface area (Å²) < 4.78 is 0. The van der Waals surface area contributed by atoms with E-state index in [1.54, 1.807) is 0 Å². The number of anilines is 3. The first kappa shape index (κ1) is 16.8. The van der Waals surface area contributed by atoms with Gasteiger partial charge in [-0.05, 0) is 49.6 Å². The lowest BCUT2D eigenvalue weighted by atomic mass is 9.97. The molecule has 0 bridgehead atoms. The fraction of sp³-hybridized carbons (Fsp3) is 0.217. The fourth-order valence-electron chi connectivity index (χ4n) is 4.22. The third-order valence-corrected chi connectivity index (χ3v) is 5.50. The summed E-state index contributed by atoms with van der Waals surface area (Å²) in [4.78, 5) is 13.0. The van der Waals surface area contributed by atoms with Gasteiger partial charge in [0.25, 0.3) is 0 Å². The average molecular weight is 369 g/mol. The van der Waals surface area contributed by atoms with E-state index in [0.29, 0.717) is 11.9 Å². The van der Waals surface area contributed by atoms with Gasteiger partial charge in [0.15, 0.2) is 0 Å². The van der Waals surface area contributed by atoms with Gasteiger partial charge in [-0.15, -0.1) is 0 Å². The van der Waals surface area contributed by atoms with E-state index in [2.05, 4.69) is 77.1 Å². The number of nitrogens with zero attached hydrogens (tertiary/aromatic N) is 2. The van der Waals surface area contributed by atoms with Gasteiger partial charge in [0.2, 0.25) is 5.95 Å². The zero-order valence-electron chi connectivity index (χ0n) is 16.1. The Bertz CT molecular complexity index is 1150. The third kappa shape index (κ3) is 2.89. The van der Waals surface area contributed by atoms with Crippen LogP contribution in [-0.4, -0.2) is 22.0 Å². The predicted octanol–water partition coefficient (Wildman–Crippen LogP) is 5.13. The second-order valence-corrected chi connectivity index (χ2v) is 7.39. The molecule has 2 heterocycles. The number of aromatic amines is 1. The first-order valence-electron chi connectivity index (χ1n) is 9.71. The number of rotatable bonds is 4. The van der Waals surface area contributed by atoms with E-state index in [-0.39, 0.29) is 0 Å². The highest BCUT2D eigenvalue weighted by Crippen LogP contribution is 2.40. The van der Waals surface area contributed by atoms with Crippen LogP contribution in [0.4, 0.5) is 17.5 Å². The first-order chi connectivity index (χ1) is 13.7. The molecule has 28 heavy (non-hydrogen) atoms. The molecule has 0 aliphatic heterocycles. The van der Waals surface area contributed by atoms with Crippen molar-refractivity contribution >= 4 is 28.4 Å². The molecule has 3 N–H and O–H groups in total. The van der Waals surface area contributed by atoms with Crippen LogP contribution in [0.3, 0.4) is 0 Å². The predicted molar refractivity (Wildman–Crippen MR) is 115 cm³/mol. The highest BCUT2D eigenvalue weighted by molar-refractivity contribution is 5.84. The number of aromatic nitrogens is 3. The molecule has 0 radical (unpaired) electrons. The molecule has 5 heteroatoms. The largest absolute Gasteiger partial charge is 0.373 e. The van der Waals surface area contributed by atoms with E-state index < -0.39 is 0 Å². The summed E-state index contributed by atoms with van der Waals surface area (Å²) >= 11 is 0. The van der Waals surface area contributed by atoms with E-state index in [9.17, 15) is 0 Å². The van der Waals surface area contributed by atoms with Gasteiger partial charge in [-0.2, -0.15) is 4.98 Å². The van der Waals surface area contributed by atoms with Crippen molar-refractivity contribution < 1.29 is 0 Å². The number of benzene rings is 2. The van der Waals surface area contributed by atoms with Gasteiger partial charge in [-0.1, -0.05) is 30.3 Å². The molecular formula is C23H23N5. The SMILES string of the molecule is CNc1nc(Nc2ccc3[nH]c(C)cc3c2)nc2c1CCC2c1ccccc1. The first-order valence-corrected chi connectivity index (χ1v) is 9.71. The summed E-state index contributed by atoms with van der Waals surface area (Å²) in [6.07, 6.45) is 2.07. The Hall–Kier alpha value is -3.34. The Labute approximate surface area is 164 Å². The van der Waals surface area contributed by atoms with Crippen molar-refractivity contribution in [2.75, 3.05) is 17.7 Å². The van der Waals surface area contributed by atoms with Crippen molar-refractivity contribution in [2.24, 2.45) is 0 Å². The van der Waals surface area contributed by atoms with Crippen molar-refractivity contribution in [3.05, 3.63) is 77.1 Å². The molecule has 0 fully saturated rings. The molecule has 1 aliphatic rings. The van der Waals surface area contributed by atoms with Crippen LogP contribution in [0.15, 0.2) is 54.6 Å². The molecule has 4 aromatic rings. The Morgan fingerprint density at radius 1 is 1.04 bits per heavy atom. The van der Waals surface area contributed by atoms with E-state index in [0.717, 1.165) is 41.3 Å². The molecule has 1 unspecified atom stereocenters. The average Bonchev–Trinajstić information content (AvgIpc) is 3.30. The summed E-state index contributed by atoms with van der Waals surface area (Å²) in [5.41, 5.74) is 6.97. The molecule has 0 saturated heterocycles. The van der Waals surface area contributed by atoms with Crippen molar-refractivity contribution in [3.63, 3.8) is 0 Å². The lowest BCUT2D eigenvalue weighted by molar-refractivity contribution is 0.772. The Morgan fingerprint density at radius 3 is 2.71 bits per heavy atom. The number of aryl methyl sites for hydroxylation is 1. The quantitative estimate of drug-likeness (QED) is 0.466. The van der Waals surface area contributed by atoms with Gasteiger partial charge in [-0.25, -0.2) is 4.98 Å². The van der Waals surface area contributed by atoms with Crippen molar-refractivity contribution in [1.29, 1.82) is 0 Å². The lowest BCUT2D eigenvalue weighted by Gasteiger charge is -2.15. The molecule has 0 saturated carbocycles. The van der Waals surface area contributed by atoms with Gasteiger partial charge in [0, 0.05) is 40.8 Å². The normalized spacial score (nSPS) is 15.6. The minimum absolute atomic E-state index is 0.321. The van der Waals surface area contributed by atoms with Crippen molar-refractivity contribution in [3.8, 4) is 0 Å². The van der Waals surface area contributed by atoms with Crippen molar-refractivity contribution in [2.45, 2.75) is 25.7 Å². The molecule has 0 spiro atoms. The molecule has 140 valence electrons. The maximum absolute atomic E-state index is 4.93.